The number of thiazole rings is 1. The van der Waals surface area contributed by atoms with E-state index in [-0.39, 0.29) is 5.91 Å². The molecule has 5 aromatic rings. The van der Waals surface area contributed by atoms with E-state index in [1.54, 1.807) is 0 Å². The highest BCUT2D eigenvalue weighted by molar-refractivity contribution is 7.18. The first-order chi connectivity index (χ1) is 18.5. The minimum atomic E-state index is -0.640. The molecule has 0 unspecified atom stereocenters. The van der Waals surface area contributed by atoms with Gasteiger partial charge in [0.15, 0.2) is 5.13 Å². The fourth-order valence-corrected chi connectivity index (χ4v) is 5.69. The van der Waals surface area contributed by atoms with Gasteiger partial charge in [-0.3, -0.25) is 4.79 Å². The Kier molecular flexibility index (Phi) is 6.17. The smallest absolute Gasteiger partial charge is 0.325 e. The maximum Gasteiger partial charge on any atom is 0.325 e. The Balaban J connectivity index is 1.43. The monoisotopic (exact) mass is 521 g/mol. The van der Waals surface area contributed by atoms with E-state index in [4.69, 9.17) is 10.7 Å². The van der Waals surface area contributed by atoms with Gasteiger partial charge in [0, 0.05) is 29.2 Å². The predicted molar refractivity (Wildman–Crippen MR) is 152 cm³/mol. The molecule has 0 aliphatic heterocycles. The van der Waals surface area contributed by atoms with Gasteiger partial charge in [-0.2, -0.15) is 0 Å². The van der Waals surface area contributed by atoms with Crippen LogP contribution < -0.4 is 16.0 Å². The van der Waals surface area contributed by atoms with Crippen molar-refractivity contribution in [1.29, 1.82) is 0 Å². The van der Waals surface area contributed by atoms with Crippen molar-refractivity contribution >= 4 is 45.0 Å². The van der Waals surface area contributed by atoms with Crippen molar-refractivity contribution in [3.63, 3.8) is 0 Å². The predicted octanol–water partition coefficient (Wildman–Crippen LogP) is 6.62. The van der Waals surface area contributed by atoms with Gasteiger partial charge in [0.1, 0.15) is 4.88 Å². The van der Waals surface area contributed by atoms with Gasteiger partial charge in [0.05, 0.1) is 11.4 Å². The first-order valence-corrected chi connectivity index (χ1v) is 13.4. The molecule has 1 saturated carbocycles. The van der Waals surface area contributed by atoms with Crippen LogP contribution in [0.3, 0.4) is 0 Å². The number of hydrogen-bond acceptors (Lipinski definition) is 4. The molecule has 1 aliphatic carbocycles. The van der Waals surface area contributed by atoms with E-state index in [1.165, 1.54) is 21.8 Å². The summed E-state index contributed by atoms with van der Waals surface area (Å²) in [6.45, 7) is 2.33. The highest BCUT2D eigenvalue weighted by Crippen LogP contribution is 2.43. The van der Waals surface area contributed by atoms with Gasteiger partial charge in [-0.1, -0.05) is 59.9 Å². The maximum atomic E-state index is 13.5. The number of aryl methyl sites for hydroxylation is 1. The minimum Gasteiger partial charge on any atom is -0.361 e. The molecular weight excluding hydrogens is 494 g/mol. The molecule has 0 atom stereocenters. The maximum absolute atomic E-state index is 13.5. The third-order valence-electron chi connectivity index (χ3n) is 6.88. The largest absolute Gasteiger partial charge is 0.361 e. The summed E-state index contributed by atoms with van der Waals surface area (Å²) >= 11 is 1.17. The molecule has 0 radical (unpaired) electrons. The van der Waals surface area contributed by atoms with Crippen LogP contribution in [0.25, 0.3) is 22.2 Å². The van der Waals surface area contributed by atoms with E-state index in [2.05, 4.69) is 16.4 Å². The first kappa shape index (κ1) is 23.9. The molecule has 1 aliphatic rings. The summed E-state index contributed by atoms with van der Waals surface area (Å²) in [4.78, 5) is 36.2. The van der Waals surface area contributed by atoms with Crippen molar-refractivity contribution in [1.82, 2.24) is 15.3 Å². The number of benzene rings is 3. The summed E-state index contributed by atoms with van der Waals surface area (Å²) in [7, 11) is 0. The lowest BCUT2D eigenvalue weighted by atomic mass is 10.1. The molecule has 190 valence electrons. The zero-order valence-electron chi connectivity index (χ0n) is 20.9. The number of nitrogens with zero attached hydrogens (tertiary/aromatic N) is 2. The van der Waals surface area contributed by atoms with Gasteiger partial charge >= 0.3 is 6.03 Å². The average Bonchev–Trinajstić information content (AvgIpc) is 3.51. The van der Waals surface area contributed by atoms with Gasteiger partial charge in [-0.25, -0.2) is 14.7 Å². The van der Waals surface area contributed by atoms with Crippen LogP contribution in [0.1, 0.15) is 45.1 Å². The highest BCUT2D eigenvalue weighted by Gasteiger charge is 2.29. The zero-order chi connectivity index (χ0) is 26.2. The Morgan fingerprint density at radius 3 is 2.66 bits per heavy atom. The number of rotatable bonds is 7. The quantitative estimate of drug-likeness (QED) is 0.224. The summed E-state index contributed by atoms with van der Waals surface area (Å²) in [6, 6.07) is 23.1. The molecule has 2 heterocycles. The molecule has 3 amide bonds. The van der Waals surface area contributed by atoms with E-state index in [1.807, 2.05) is 79.9 Å². The van der Waals surface area contributed by atoms with E-state index in [0.717, 1.165) is 40.4 Å². The molecule has 3 aromatic carbocycles. The summed E-state index contributed by atoms with van der Waals surface area (Å²) < 4.78 is 0. The second kappa shape index (κ2) is 9.79. The van der Waals surface area contributed by atoms with E-state index in [0.29, 0.717) is 33.9 Å². The fourth-order valence-electron chi connectivity index (χ4n) is 4.67. The Bertz CT molecular complexity index is 1650. The van der Waals surface area contributed by atoms with Crippen LogP contribution in [0.4, 0.5) is 15.6 Å². The van der Waals surface area contributed by atoms with Gasteiger partial charge in [-0.05, 0) is 66.6 Å². The summed E-state index contributed by atoms with van der Waals surface area (Å²) in [5.74, 6) is 0.262. The number of carbonyl (C=O) groups is 2. The van der Waals surface area contributed by atoms with Crippen LogP contribution in [0.15, 0.2) is 79.0 Å². The number of hydrogen-bond donors (Lipinski definition) is 3. The molecule has 7 nitrogen and oxygen atoms in total. The van der Waals surface area contributed by atoms with Gasteiger partial charge < -0.3 is 16.0 Å². The van der Waals surface area contributed by atoms with Crippen LogP contribution in [0, 0.1) is 6.92 Å². The van der Waals surface area contributed by atoms with Crippen molar-refractivity contribution in [2.24, 2.45) is 5.73 Å². The van der Waals surface area contributed by atoms with Crippen molar-refractivity contribution in [3.05, 3.63) is 101 Å². The SMILES string of the molecule is Cc1ccc(C2CC2)cc1N(C(N)=O)c1nc(-c2ccc3[nH]ccc3c2)c(C(=O)NCc2ccccc2)s1. The van der Waals surface area contributed by atoms with Crippen LogP contribution >= 0.6 is 11.3 Å². The number of aromatic amines is 1. The lowest BCUT2D eigenvalue weighted by Crippen LogP contribution is -2.32. The lowest BCUT2D eigenvalue weighted by molar-refractivity contribution is 0.0955. The number of urea groups is 1. The van der Waals surface area contributed by atoms with E-state index in [9.17, 15) is 9.59 Å². The number of aromatic nitrogens is 2. The first-order valence-electron chi connectivity index (χ1n) is 12.6. The molecule has 0 saturated heterocycles. The molecule has 0 spiro atoms. The second-order valence-corrected chi connectivity index (χ2v) is 10.6. The number of nitrogens with two attached hydrogens (primary N) is 1. The summed E-state index contributed by atoms with van der Waals surface area (Å²) in [5, 5.41) is 4.38. The molecule has 1 fully saturated rings. The van der Waals surface area contributed by atoms with Crippen molar-refractivity contribution in [2.75, 3.05) is 4.90 Å². The topological polar surface area (TPSA) is 104 Å². The molecular formula is C30H27N5O2S. The Morgan fingerprint density at radius 1 is 1.08 bits per heavy atom. The molecule has 38 heavy (non-hydrogen) atoms. The second-order valence-electron chi connectivity index (χ2n) is 9.62. The number of carbonyl (C=O) groups excluding carboxylic acids is 2. The van der Waals surface area contributed by atoms with Gasteiger partial charge in [0.25, 0.3) is 5.91 Å². The van der Waals surface area contributed by atoms with Crippen LogP contribution in [-0.4, -0.2) is 21.9 Å². The average molecular weight is 522 g/mol. The van der Waals surface area contributed by atoms with E-state index < -0.39 is 6.03 Å². The van der Waals surface area contributed by atoms with Gasteiger partial charge in [0.2, 0.25) is 0 Å². The number of primary amides is 1. The molecule has 0 bridgehead atoms. The number of anilines is 2. The summed E-state index contributed by atoms with van der Waals surface area (Å²) in [5.41, 5.74) is 12.0. The standard InChI is InChI=1S/C30H27N5O2S/c1-18-7-8-21(20-9-10-20)16-25(18)35(29(31)37)30-34-26(23-11-12-24-22(15-23)13-14-32-24)27(38-30)28(36)33-17-19-5-3-2-4-6-19/h2-8,11-16,20,32H,9-10,17H2,1H3,(H2,31,37)(H,33,36). The Hall–Kier alpha value is -4.43. The van der Waals surface area contributed by atoms with E-state index >= 15 is 0 Å². The van der Waals surface area contributed by atoms with Crippen LogP contribution in [0.5, 0.6) is 0 Å². The summed E-state index contributed by atoms with van der Waals surface area (Å²) in [6.07, 6.45) is 4.17. The third-order valence-corrected chi connectivity index (χ3v) is 7.92. The number of H-pyrrole nitrogens is 1. The highest BCUT2D eigenvalue weighted by atomic mass is 32.1. The fraction of sp³-hybridized carbons (Fsp3) is 0.167. The zero-order valence-corrected chi connectivity index (χ0v) is 21.7. The molecule has 2 aromatic heterocycles. The molecule has 8 heteroatoms. The Morgan fingerprint density at radius 2 is 1.89 bits per heavy atom. The van der Waals surface area contributed by atoms with Crippen LogP contribution in [0.2, 0.25) is 0 Å². The van der Waals surface area contributed by atoms with Crippen molar-refractivity contribution in [3.8, 4) is 11.3 Å². The molecule has 6 rings (SSSR count). The number of nitrogens with one attached hydrogen (secondary N) is 2. The van der Waals surface area contributed by atoms with Crippen LogP contribution in [-0.2, 0) is 6.54 Å². The number of amides is 3. The van der Waals surface area contributed by atoms with Gasteiger partial charge in [-0.15, -0.1) is 0 Å². The number of fused-ring (bicyclic) bond motifs is 1. The van der Waals surface area contributed by atoms with Crippen molar-refractivity contribution < 1.29 is 9.59 Å². The lowest BCUT2D eigenvalue weighted by Gasteiger charge is -2.20. The third kappa shape index (κ3) is 4.66. The minimum absolute atomic E-state index is 0.255. The molecule has 4 N–H and O–H groups in total. The normalized spacial score (nSPS) is 13.0. The Labute approximate surface area is 224 Å². The van der Waals surface area contributed by atoms with Crippen molar-refractivity contribution in [2.45, 2.75) is 32.2 Å².